The second kappa shape index (κ2) is 6.14. The predicted molar refractivity (Wildman–Crippen MR) is 76.6 cm³/mol. The molecule has 0 saturated heterocycles. The summed E-state index contributed by atoms with van der Waals surface area (Å²) in [5.74, 6) is 0. The molecule has 94 valence electrons. The van der Waals surface area contributed by atoms with Gasteiger partial charge in [-0.25, -0.2) is 0 Å². The summed E-state index contributed by atoms with van der Waals surface area (Å²) in [4.78, 5) is 0. The Morgan fingerprint density at radius 3 is 2.17 bits per heavy atom. The van der Waals surface area contributed by atoms with Crippen LogP contribution in [0.4, 0.5) is 0 Å². The average molecular weight is 307 g/mol. The van der Waals surface area contributed by atoms with Gasteiger partial charge < -0.3 is 10.2 Å². The molecule has 2 nitrogen and oxygen atoms in total. The fourth-order valence-electron chi connectivity index (χ4n) is 1.93. The number of aliphatic hydroxyl groups is 2. The number of aliphatic hydroxyl groups excluding tert-OH is 2. The van der Waals surface area contributed by atoms with Gasteiger partial charge in [-0.15, -0.1) is 0 Å². The zero-order valence-electron chi connectivity index (χ0n) is 9.83. The first-order valence-corrected chi connectivity index (χ1v) is 6.92. The zero-order chi connectivity index (χ0) is 13.0. The van der Waals surface area contributed by atoms with Crippen molar-refractivity contribution < 1.29 is 10.2 Å². The third kappa shape index (κ3) is 2.80. The van der Waals surface area contributed by atoms with Crippen LogP contribution in [0, 0.1) is 0 Å². The standard InChI is InChI=1S/C15H15BrO2/c16-10-14(17)15(18)13-9-5-4-8-12(13)11-6-2-1-3-7-11/h1-9,14-15,17-18H,10H2. The molecule has 0 heterocycles. The van der Waals surface area contributed by atoms with Crippen LogP contribution in [0.2, 0.25) is 0 Å². The molecule has 0 bridgehead atoms. The van der Waals surface area contributed by atoms with Gasteiger partial charge in [-0.05, 0) is 16.7 Å². The first-order chi connectivity index (χ1) is 8.74. The maximum absolute atomic E-state index is 10.2. The van der Waals surface area contributed by atoms with Crippen LogP contribution in [-0.2, 0) is 0 Å². The average Bonchev–Trinajstić information content (AvgIpc) is 2.46. The van der Waals surface area contributed by atoms with E-state index in [4.69, 9.17) is 0 Å². The van der Waals surface area contributed by atoms with Crippen molar-refractivity contribution >= 4 is 15.9 Å². The van der Waals surface area contributed by atoms with Crippen molar-refractivity contribution in [1.29, 1.82) is 0 Å². The summed E-state index contributed by atoms with van der Waals surface area (Å²) < 4.78 is 0. The molecule has 0 aromatic heterocycles. The smallest absolute Gasteiger partial charge is 0.106 e. The third-order valence-corrected chi connectivity index (χ3v) is 3.55. The van der Waals surface area contributed by atoms with Crippen molar-refractivity contribution in [2.45, 2.75) is 12.2 Å². The van der Waals surface area contributed by atoms with E-state index in [0.717, 1.165) is 16.7 Å². The second-order valence-corrected chi connectivity index (χ2v) is 4.77. The lowest BCUT2D eigenvalue weighted by Crippen LogP contribution is -2.20. The molecule has 2 atom stereocenters. The fourth-order valence-corrected chi connectivity index (χ4v) is 2.28. The van der Waals surface area contributed by atoms with Crippen molar-refractivity contribution in [3.05, 3.63) is 60.2 Å². The van der Waals surface area contributed by atoms with E-state index in [0.29, 0.717) is 5.33 Å². The zero-order valence-corrected chi connectivity index (χ0v) is 11.4. The summed E-state index contributed by atoms with van der Waals surface area (Å²) >= 11 is 3.18. The first-order valence-electron chi connectivity index (χ1n) is 5.80. The summed E-state index contributed by atoms with van der Waals surface area (Å²) in [6, 6.07) is 17.4. The van der Waals surface area contributed by atoms with Crippen LogP contribution in [0.5, 0.6) is 0 Å². The molecule has 2 aromatic carbocycles. The molecule has 2 rings (SSSR count). The van der Waals surface area contributed by atoms with E-state index in [1.807, 2.05) is 54.6 Å². The Balaban J connectivity index is 2.44. The summed E-state index contributed by atoms with van der Waals surface area (Å²) in [6.07, 6.45) is -1.70. The predicted octanol–water partition coefficient (Wildman–Crippen LogP) is 3.14. The Bertz CT molecular complexity index is 499. The van der Waals surface area contributed by atoms with Crippen LogP contribution in [0.25, 0.3) is 11.1 Å². The highest BCUT2D eigenvalue weighted by Gasteiger charge is 2.20. The van der Waals surface area contributed by atoms with Crippen LogP contribution in [0.3, 0.4) is 0 Å². The normalized spacial score (nSPS) is 14.2. The van der Waals surface area contributed by atoms with Crippen LogP contribution < -0.4 is 0 Å². The first kappa shape index (κ1) is 13.3. The molecule has 18 heavy (non-hydrogen) atoms. The number of hydrogen-bond donors (Lipinski definition) is 2. The van der Waals surface area contributed by atoms with Crippen LogP contribution >= 0.6 is 15.9 Å². The Kier molecular flexibility index (Phi) is 4.53. The van der Waals surface area contributed by atoms with Gasteiger partial charge in [0.1, 0.15) is 6.10 Å². The molecule has 3 heteroatoms. The van der Waals surface area contributed by atoms with Gasteiger partial charge in [0, 0.05) is 5.33 Å². The van der Waals surface area contributed by atoms with Gasteiger partial charge in [-0.2, -0.15) is 0 Å². The molecule has 0 saturated carbocycles. The van der Waals surface area contributed by atoms with Gasteiger partial charge in [-0.3, -0.25) is 0 Å². The van der Waals surface area contributed by atoms with Crippen molar-refractivity contribution in [3.63, 3.8) is 0 Å². The Labute approximate surface area is 115 Å². The fraction of sp³-hybridized carbons (Fsp3) is 0.200. The summed E-state index contributed by atoms with van der Waals surface area (Å²) in [7, 11) is 0. The molecule has 2 aromatic rings. The van der Waals surface area contributed by atoms with E-state index in [2.05, 4.69) is 15.9 Å². The summed E-state index contributed by atoms with van der Waals surface area (Å²) in [5.41, 5.74) is 2.73. The van der Waals surface area contributed by atoms with E-state index < -0.39 is 12.2 Å². The van der Waals surface area contributed by atoms with Crippen LogP contribution in [0.1, 0.15) is 11.7 Å². The molecule has 0 aliphatic heterocycles. The lowest BCUT2D eigenvalue weighted by Gasteiger charge is -2.19. The van der Waals surface area contributed by atoms with Crippen molar-refractivity contribution in [3.8, 4) is 11.1 Å². The van der Waals surface area contributed by atoms with Crippen molar-refractivity contribution in [2.75, 3.05) is 5.33 Å². The maximum Gasteiger partial charge on any atom is 0.106 e. The van der Waals surface area contributed by atoms with Crippen molar-refractivity contribution in [2.24, 2.45) is 0 Å². The highest BCUT2D eigenvalue weighted by atomic mass is 79.9. The quantitative estimate of drug-likeness (QED) is 0.852. The molecule has 2 N–H and O–H groups in total. The lowest BCUT2D eigenvalue weighted by atomic mass is 9.94. The Hall–Kier alpha value is -1.16. The second-order valence-electron chi connectivity index (χ2n) is 4.12. The van der Waals surface area contributed by atoms with E-state index in [1.54, 1.807) is 0 Å². The van der Waals surface area contributed by atoms with Crippen LogP contribution in [-0.4, -0.2) is 21.6 Å². The molecule has 0 aliphatic rings. The molecule has 0 fully saturated rings. The molecule has 0 spiro atoms. The maximum atomic E-state index is 10.2. The van der Waals surface area contributed by atoms with Gasteiger partial charge >= 0.3 is 0 Å². The third-order valence-electron chi connectivity index (χ3n) is 2.89. The van der Waals surface area contributed by atoms with E-state index in [1.165, 1.54) is 0 Å². The van der Waals surface area contributed by atoms with Gasteiger partial charge in [0.2, 0.25) is 0 Å². The minimum absolute atomic E-state index is 0.345. The molecular weight excluding hydrogens is 292 g/mol. The summed E-state index contributed by atoms with van der Waals surface area (Å²) in [5, 5.41) is 20.3. The van der Waals surface area contributed by atoms with Crippen LogP contribution in [0.15, 0.2) is 54.6 Å². The number of benzene rings is 2. The molecule has 0 aliphatic carbocycles. The minimum atomic E-state index is -0.888. The highest BCUT2D eigenvalue weighted by molar-refractivity contribution is 9.09. The van der Waals surface area contributed by atoms with Gasteiger partial charge in [0.15, 0.2) is 0 Å². The summed E-state index contributed by atoms with van der Waals surface area (Å²) in [6.45, 7) is 0. The molecule has 0 radical (unpaired) electrons. The van der Waals surface area contributed by atoms with Gasteiger partial charge in [-0.1, -0.05) is 70.5 Å². The number of rotatable bonds is 4. The SMILES string of the molecule is OC(CBr)C(O)c1ccccc1-c1ccccc1. The van der Waals surface area contributed by atoms with E-state index in [-0.39, 0.29) is 0 Å². The van der Waals surface area contributed by atoms with E-state index in [9.17, 15) is 10.2 Å². The number of hydrogen-bond acceptors (Lipinski definition) is 2. The number of halogens is 1. The van der Waals surface area contributed by atoms with Gasteiger partial charge in [0.05, 0.1) is 6.10 Å². The highest BCUT2D eigenvalue weighted by Crippen LogP contribution is 2.30. The largest absolute Gasteiger partial charge is 0.389 e. The molecular formula is C15H15BrO2. The van der Waals surface area contributed by atoms with E-state index >= 15 is 0 Å². The van der Waals surface area contributed by atoms with Gasteiger partial charge in [0.25, 0.3) is 0 Å². The molecule has 0 amide bonds. The minimum Gasteiger partial charge on any atom is -0.389 e. The van der Waals surface area contributed by atoms with Crippen molar-refractivity contribution in [1.82, 2.24) is 0 Å². The lowest BCUT2D eigenvalue weighted by molar-refractivity contribution is 0.0346. The number of alkyl halides is 1. The molecule has 2 unspecified atom stereocenters. The Morgan fingerprint density at radius 2 is 1.50 bits per heavy atom. The Morgan fingerprint density at radius 1 is 0.889 bits per heavy atom. The monoisotopic (exact) mass is 306 g/mol. The topological polar surface area (TPSA) is 40.5 Å².